The molecule has 2 aromatic rings. The molecule has 1 heterocycles. The number of benzene rings is 1. The molecular formula is C17H17N3O2S. The van der Waals surface area contributed by atoms with E-state index in [2.05, 4.69) is 15.6 Å². The number of thiazole rings is 1. The molecule has 6 heteroatoms. The third-order valence-electron chi connectivity index (χ3n) is 3.39. The van der Waals surface area contributed by atoms with Crippen LogP contribution in [-0.4, -0.2) is 16.8 Å². The first-order valence-electron chi connectivity index (χ1n) is 7.42. The SMILES string of the molecule is Cc1nc(/C=C/C(=O)Nc2cccc(NC(=O)C3CC3)c2)cs1. The molecule has 1 aromatic heterocycles. The van der Waals surface area contributed by atoms with Gasteiger partial charge >= 0.3 is 0 Å². The maximum Gasteiger partial charge on any atom is 0.248 e. The van der Waals surface area contributed by atoms with Crippen molar-refractivity contribution in [1.82, 2.24) is 4.98 Å². The van der Waals surface area contributed by atoms with Crippen LogP contribution in [0.15, 0.2) is 35.7 Å². The molecule has 1 fully saturated rings. The van der Waals surface area contributed by atoms with Crippen LogP contribution in [-0.2, 0) is 9.59 Å². The van der Waals surface area contributed by atoms with E-state index in [9.17, 15) is 9.59 Å². The van der Waals surface area contributed by atoms with Gasteiger partial charge < -0.3 is 10.6 Å². The van der Waals surface area contributed by atoms with E-state index >= 15 is 0 Å². The van der Waals surface area contributed by atoms with Crippen LogP contribution in [0.25, 0.3) is 6.08 Å². The molecule has 5 nitrogen and oxygen atoms in total. The van der Waals surface area contributed by atoms with E-state index in [4.69, 9.17) is 0 Å². The van der Waals surface area contributed by atoms with E-state index in [0.717, 1.165) is 23.5 Å². The molecule has 2 amide bonds. The summed E-state index contributed by atoms with van der Waals surface area (Å²) < 4.78 is 0. The fourth-order valence-corrected chi connectivity index (χ4v) is 2.65. The zero-order valence-electron chi connectivity index (χ0n) is 12.7. The molecule has 0 unspecified atom stereocenters. The van der Waals surface area contributed by atoms with Crippen molar-refractivity contribution < 1.29 is 9.59 Å². The zero-order valence-corrected chi connectivity index (χ0v) is 13.5. The average molecular weight is 327 g/mol. The van der Waals surface area contributed by atoms with E-state index in [1.54, 1.807) is 35.6 Å². The van der Waals surface area contributed by atoms with Crippen LogP contribution >= 0.6 is 11.3 Å². The minimum Gasteiger partial charge on any atom is -0.326 e. The number of anilines is 2. The standard InChI is InChI=1S/C17H17N3O2S/c1-11-18-15(10-23-11)7-8-16(21)19-13-3-2-4-14(9-13)20-17(22)12-5-6-12/h2-4,7-10,12H,5-6H2,1H3,(H,19,21)(H,20,22)/b8-7+. The number of amides is 2. The van der Waals surface area contributed by atoms with Gasteiger partial charge in [-0.2, -0.15) is 0 Å². The predicted molar refractivity (Wildman–Crippen MR) is 92.3 cm³/mol. The maximum absolute atomic E-state index is 11.9. The number of rotatable bonds is 5. The van der Waals surface area contributed by atoms with Gasteiger partial charge in [0, 0.05) is 28.7 Å². The van der Waals surface area contributed by atoms with Gasteiger partial charge in [-0.15, -0.1) is 11.3 Å². The van der Waals surface area contributed by atoms with Crippen LogP contribution in [0.2, 0.25) is 0 Å². The lowest BCUT2D eigenvalue weighted by Crippen LogP contribution is -2.14. The van der Waals surface area contributed by atoms with Crippen molar-refractivity contribution in [3.8, 4) is 0 Å². The van der Waals surface area contributed by atoms with Crippen molar-refractivity contribution in [2.24, 2.45) is 5.92 Å². The predicted octanol–water partition coefficient (Wildman–Crippen LogP) is 3.45. The van der Waals surface area contributed by atoms with Crippen molar-refractivity contribution in [1.29, 1.82) is 0 Å². The lowest BCUT2D eigenvalue weighted by Gasteiger charge is -2.07. The molecule has 0 bridgehead atoms. The van der Waals surface area contributed by atoms with Crippen LogP contribution in [0.1, 0.15) is 23.5 Å². The molecule has 0 atom stereocenters. The number of carbonyl (C=O) groups excluding carboxylic acids is 2. The van der Waals surface area contributed by atoms with E-state index in [0.29, 0.717) is 11.4 Å². The Morgan fingerprint density at radius 2 is 2.00 bits per heavy atom. The Bertz CT molecular complexity index is 763. The molecule has 3 rings (SSSR count). The molecule has 23 heavy (non-hydrogen) atoms. The van der Waals surface area contributed by atoms with Crippen molar-refractivity contribution in [3.05, 3.63) is 46.4 Å². The Morgan fingerprint density at radius 3 is 2.65 bits per heavy atom. The number of aryl methyl sites for hydroxylation is 1. The average Bonchev–Trinajstić information content (AvgIpc) is 3.29. The molecule has 118 valence electrons. The van der Waals surface area contributed by atoms with E-state index < -0.39 is 0 Å². The molecule has 0 radical (unpaired) electrons. The lowest BCUT2D eigenvalue weighted by atomic mass is 10.2. The first-order valence-corrected chi connectivity index (χ1v) is 8.30. The molecule has 0 spiro atoms. The second-order valence-electron chi connectivity index (χ2n) is 5.46. The quantitative estimate of drug-likeness (QED) is 0.826. The minimum absolute atomic E-state index is 0.0484. The third-order valence-corrected chi connectivity index (χ3v) is 4.18. The Kier molecular flexibility index (Phi) is 4.52. The molecule has 2 N–H and O–H groups in total. The molecule has 1 aliphatic carbocycles. The fourth-order valence-electron chi connectivity index (χ4n) is 2.07. The Balaban J connectivity index is 1.59. The zero-order chi connectivity index (χ0) is 16.2. The van der Waals surface area contributed by atoms with E-state index in [1.807, 2.05) is 18.4 Å². The van der Waals surface area contributed by atoms with Gasteiger partial charge in [0.1, 0.15) is 0 Å². The summed E-state index contributed by atoms with van der Waals surface area (Å²) in [6.07, 6.45) is 5.05. The number of aromatic nitrogens is 1. The van der Waals surface area contributed by atoms with Gasteiger partial charge in [0.25, 0.3) is 0 Å². The minimum atomic E-state index is -0.235. The monoisotopic (exact) mass is 327 g/mol. The van der Waals surface area contributed by atoms with Gasteiger partial charge in [-0.25, -0.2) is 4.98 Å². The highest BCUT2D eigenvalue weighted by molar-refractivity contribution is 7.09. The van der Waals surface area contributed by atoms with Gasteiger partial charge in [-0.1, -0.05) is 6.07 Å². The number of carbonyl (C=O) groups is 2. The maximum atomic E-state index is 11.9. The summed E-state index contributed by atoms with van der Waals surface area (Å²) in [7, 11) is 0. The van der Waals surface area contributed by atoms with Crippen molar-refractivity contribution in [2.75, 3.05) is 10.6 Å². The van der Waals surface area contributed by atoms with E-state index in [1.165, 1.54) is 6.08 Å². The smallest absolute Gasteiger partial charge is 0.248 e. The largest absolute Gasteiger partial charge is 0.326 e. The molecule has 1 aromatic carbocycles. The summed E-state index contributed by atoms with van der Waals surface area (Å²) in [5, 5.41) is 8.50. The first kappa shape index (κ1) is 15.4. The van der Waals surface area contributed by atoms with Gasteiger partial charge in [0.2, 0.25) is 11.8 Å². The second-order valence-corrected chi connectivity index (χ2v) is 6.52. The van der Waals surface area contributed by atoms with Gasteiger partial charge in [0.05, 0.1) is 10.7 Å². The Hall–Kier alpha value is -2.47. The highest BCUT2D eigenvalue weighted by Crippen LogP contribution is 2.30. The summed E-state index contributed by atoms with van der Waals surface area (Å²) in [5.74, 6) is -0.0358. The summed E-state index contributed by atoms with van der Waals surface area (Å²) >= 11 is 1.54. The van der Waals surface area contributed by atoms with Crippen molar-refractivity contribution in [3.63, 3.8) is 0 Å². The normalized spacial score (nSPS) is 14.0. The van der Waals surface area contributed by atoms with Crippen molar-refractivity contribution >= 4 is 40.6 Å². The van der Waals surface area contributed by atoms with Gasteiger partial charge in [0.15, 0.2) is 0 Å². The van der Waals surface area contributed by atoms with Crippen LogP contribution in [0.4, 0.5) is 11.4 Å². The summed E-state index contributed by atoms with van der Waals surface area (Å²) in [5.41, 5.74) is 2.11. The van der Waals surface area contributed by atoms with E-state index in [-0.39, 0.29) is 17.7 Å². The molecule has 0 aliphatic heterocycles. The summed E-state index contributed by atoms with van der Waals surface area (Å²) in [6, 6.07) is 7.14. The highest BCUT2D eigenvalue weighted by Gasteiger charge is 2.29. The molecular weight excluding hydrogens is 310 g/mol. The first-order chi connectivity index (χ1) is 11.1. The Morgan fingerprint density at radius 1 is 1.26 bits per heavy atom. The summed E-state index contributed by atoms with van der Waals surface area (Å²) in [6.45, 7) is 1.92. The molecule has 1 saturated carbocycles. The molecule has 0 saturated heterocycles. The van der Waals surface area contributed by atoms with Gasteiger partial charge in [-0.3, -0.25) is 9.59 Å². The van der Waals surface area contributed by atoms with Crippen LogP contribution < -0.4 is 10.6 Å². The van der Waals surface area contributed by atoms with Crippen LogP contribution in [0.3, 0.4) is 0 Å². The highest BCUT2D eigenvalue weighted by atomic mass is 32.1. The van der Waals surface area contributed by atoms with Crippen molar-refractivity contribution in [2.45, 2.75) is 19.8 Å². The molecule has 1 aliphatic rings. The Labute approximate surface area is 138 Å². The number of nitrogens with one attached hydrogen (secondary N) is 2. The van der Waals surface area contributed by atoms with Crippen LogP contribution in [0, 0.1) is 12.8 Å². The fraction of sp³-hybridized carbons (Fsp3) is 0.235. The number of hydrogen-bond donors (Lipinski definition) is 2. The lowest BCUT2D eigenvalue weighted by molar-refractivity contribution is -0.117. The summed E-state index contributed by atoms with van der Waals surface area (Å²) in [4.78, 5) is 28.0. The topological polar surface area (TPSA) is 71.1 Å². The second kappa shape index (κ2) is 6.75. The number of nitrogens with zero attached hydrogens (tertiary/aromatic N) is 1. The van der Waals surface area contributed by atoms with Crippen LogP contribution in [0.5, 0.6) is 0 Å². The van der Waals surface area contributed by atoms with Gasteiger partial charge in [-0.05, 0) is 44.0 Å². The third kappa shape index (κ3) is 4.50. The number of hydrogen-bond acceptors (Lipinski definition) is 4.